The first-order chi connectivity index (χ1) is 9.54. The molecule has 1 amide bonds. The van der Waals surface area contributed by atoms with Crippen LogP contribution < -0.4 is 20.7 Å². The van der Waals surface area contributed by atoms with E-state index in [9.17, 15) is 14.9 Å². The number of hydrogen-bond donors (Lipinski definition) is 2. The highest BCUT2D eigenvalue weighted by molar-refractivity contribution is 5.85. The number of hydrogen-bond acceptors (Lipinski definition) is 6. The highest BCUT2D eigenvalue weighted by Crippen LogP contribution is 2.33. The molecule has 1 atom stereocenters. The molecule has 0 radical (unpaired) electrons. The Hall–Kier alpha value is -2.35. The Balaban J connectivity index is 2.47. The minimum absolute atomic E-state index is 0.0704. The Kier molecular flexibility index (Phi) is 4.04. The third-order valence-electron chi connectivity index (χ3n) is 3.26. The van der Waals surface area contributed by atoms with Crippen LogP contribution in [0.1, 0.15) is 0 Å². The molecule has 8 heteroatoms. The summed E-state index contributed by atoms with van der Waals surface area (Å²) < 4.78 is 5.10. The Morgan fingerprint density at radius 3 is 2.95 bits per heavy atom. The van der Waals surface area contributed by atoms with E-state index in [4.69, 9.17) is 10.5 Å². The molecule has 8 nitrogen and oxygen atoms in total. The SMILES string of the molecule is COc1ccc([N+](=O)[O-])c(N2CCNCC2C(N)=O)c1. The van der Waals surface area contributed by atoms with Crippen molar-refractivity contribution in [3.63, 3.8) is 0 Å². The highest BCUT2D eigenvalue weighted by atomic mass is 16.6. The smallest absolute Gasteiger partial charge is 0.292 e. The van der Waals surface area contributed by atoms with Gasteiger partial charge in [-0.15, -0.1) is 0 Å². The summed E-state index contributed by atoms with van der Waals surface area (Å²) in [6.07, 6.45) is 0. The van der Waals surface area contributed by atoms with Crippen LogP contribution in [0.3, 0.4) is 0 Å². The fraction of sp³-hybridized carbons (Fsp3) is 0.417. The average Bonchev–Trinajstić information content (AvgIpc) is 2.46. The normalized spacial score (nSPS) is 18.6. The number of rotatable bonds is 4. The van der Waals surface area contributed by atoms with E-state index in [2.05, 4.69) is 5.32 Å². The molecule has 1 saturated heterocycles. The lowest BCUT2D eigenvalue weighted by atomic mass is 10.1. The van der Waals surface area contributed by atoms with Gasteiger partial charge in [-0.1, -0.05) is 0 Å². The lowest BCUT2D eigenvalue weighted by Crippen LogP contribution is -2.57. The zero-order valence-corrected chi connectivity index (χ0v) is 11.0. The van der Waals surface area contributed by atoms with Gasteiger partial charge in [0.25, 0.3) is 5.69 Å². The quantitative estimate of drug-likeness (QED) is 0.587. The molecule has 0 bridgehead atoms. The van der Waals surface area contributed by atoms with E-state index in [0.29, 0.717) is 31.1 Å². The van der Waals surface area contributed by atoms with Gasteiger partial charge in [-0.2, -0.15) is 0 Å². The van der Waals surface area contributed by atoms with Crippen molar-refractivity contribution >= 4 is 17.3 Å². The molecule has 1 aliphatic heterocycles. The number of nitro groups is 1. The van der Waals surface area contributed by atoms with Gasteiger partial charge in [-0.05, 0) is 6.07 Å². The lowest BCUT2D eigenvalue weighted by Gasteiger charge is -2.35. The largest absolute Gasteiger partial charge is 0.497 e. The monoisotopic (exact) mass is 280 g/mol. The van der Waals surface area contributed by atoms with Crippen LogP contribution in [-0.4, -0.2) is 43.6 Å². The van der Waals surface area contributed by atoms with E-state index < -0.39 is 16.9 Å². The molecule has 20 heavy (non-hydrogen) atoms. The number of nitrogens with one attached hydrogen (secondary N) is 1. The standard InChI is InChI=1S/C12H16N4O4/c1-20-8-2-3-9(16(18)19)10(6-8)15-5-4-14-7-11(15)12(13)17/h2-3,6,11,14H,4-5,7H2,1H3,(H2,13,17). The molecular weight excluding hydrogens is 264 g/mol. The number of primary amides is 1. The summed E-state index contributed by atoms with van der Waals surface area (Å²) in [4.78, 5) is 23.8. The molecule has 1 heterocycles. The summed E-state index contributed by atoms with van der Waals surface area (Å²) in [6, 6.07) is 3.83. The fourth-order valence-corrected chi connectivity index (χ4v) is 2.26. The van der Waals surface area contributed by atoms with Crippen molar-refractivity contribution in [2.24, 2.45) is 5.73 Å². The minimum atomic E-state index is -0.616. The number of anilines is 1. The molecule has 2 rings (SSSR count). The van der Waals surface area contributed by atoms with Gasteiger partial charge >= 0.3 is 0 Å². The summed E-state index contributed by atoms with van der Waals surface area (Å²) in [5.41, 5.74) is 5.65. The second kappa shape index (κ2) is 5.74. The van der Waals surface area contributed by atoms with Gasteiger partial charge in [0.05, 0.1) is 12.0 Å². The van der Waals surface area contributed by atoms with Crippen molar-refractivity contribution in [3.05, 3.63) is 28.3 Å². The predicted molar refractivity (Wildman–Crippen MR) is 72.8 cm³/mol. The zero-order chi connectivity index (χ0) is 14.7. The second-order valence-electron chi connectivity index (χ2n) is 4.43. The summed E-state index contributed by atoms with van der Waals surface area (Å²) in [5, 5.41) is 14.2. The number of ether oxygens (including phenoxy) is 1. The zero-order valence-electron chi connectivity index (χ0n) is 11.0. The van der Waals surface area contributed by atoms with Crippen molar-refractivity contribution in [3.8, 4) is 5.75 Å². The third-order valence-corrected chi connectivity index (χ3v) is 3.26. The van der Waals surface area contributed by atoms with Crippen LogP contribution in [0.2, 0.25) is 0 Å². The van der Waals surface area contributed by atoms with Crippen LogP contribution >= 0.6 is 0 Å². The van der Waals surface area contributed by atoms with E-state index in [-0.39, 0.29) is 5.69 Å². The average molecular weight is 280 g/mol. The molecule has 0 saturated carbocycles. The van der Waals surface area contributed by atoms with Gasteiger partial charge in [-0.3, -0.25) is 14.9 Å². The maximum atomic E-state index is 11.5. The van der Waals surface area contributed by atoms with Gasteiger partial charge in [0.15, 0.2) is 0 Å². The van der Waals surface area contributed by atoms with Gasteiger partial charge in [0.1, 0.15) is 17.5 Å². The van der Waals surface area contributed by atoms with Crippen molar-refractivity contribution < 1.29 is 14.5 Å². The number of carbonyl (C=O) groups excluding carboxylic acids is 1. The number of piperazine rings is 1. The van der Waals surface area contributed by atoms with Crippen LogP contribution in [0.5, 0.6) is 5.75 Å². The topological polar surface area (TPSA) is 111 Å². The molecule has 0 aliphatic carbocycles. The van der Waals surface area contributed by atoms with Crippen LogP contribution in [0, 0.1) is 10.1 Å². The molecule has 1 aromatic rings. The van der Waals surface area contributed by atoms with Crippen LogP contribution in [0.4, 0.5) is 11.4 Å². The first kappa shape index (κ1) is 14.1. The van der Waals surface area contributed by atoms with E-state index in [0.717, 1.165) is 0 Å². The summed E-state index contributed by atoms with van der Waals surface area (Å²) in [5.74, 6) is -0.0262. The summed E-state index contributed by atoms with van der Waals surface area (Å²) in [7, 11) is 1.48. The summed E-state index contributed by atoms with van der Waals surface area (Å²) >= 11 is 0. The van der Waals surface area contributed by atoms with E-state index >= 15 is 0 Å². The Morgan fingerprint density at radius 1 is 1.60 bits per heavy atom. The highest BCUT2D eigenvalue weighted by Gasteiger charge is 2.31. The van der Waals surface area contributed by atoms with Crippen LogP contribution in [-0.2, 0) is 4.79 Å². The van der Waals surface area contributed by atoms with E-state index in [1.165, 1.54) is 19.2 Å². The number of amides is 1. The molecule has 1 unspecified atom stereocenters. The van der Waals surface area contributed by atoms with Crippen LogP contribution in [0.15, 0.2) is 18.2 Å². The Bertz CT molecular complexity index is 534. The molecular formula is C12H16N4O4. The second-order valence-corrected chi connectivity index (χ2v) is 4.43. The molecule has 0 aromatic heterocycles. The maximum absolute atomic E-state index is 11.5. The molecule has 3 N–H and O–H groups in total. The van der Waals surface area contributed by atoms with Crippen molar-refractivity contribution in [1.29, 1.82) is 0 Å². The number of carbonyl (C=O) groups is 1. The van der Waals surface area contributed by atoms with Crippen molar-refractivity contribution in [2.45, 2.75) is 6.04 Å². The number of nitro benzene ring substituents is 1. The van der Waals surface area contributed by atoms with Gasteiger partial charge in [0, 0.05) is 31.8 Å². The predicted octanol–water partition coefficient (Wildman–Crippen LogP) is -0.133. The minimum Gasteiger partial charge on any atom is -0.497 e. The first-order valence-corrected chi connectivity index (χ1v) is 6.13. The number of nitrogens with two attached hydrogens (primary N) is 1. The maximum Gasteiger partial charge on any atom is 0.292 e. The first-order valence-electron chi connectivity index (χ1n) is 6.13. The van der Waals surface area contributed by atoms with E-state index in [1.54, 1.807) is 11.0 Å². The third kappa shape index (κ3) is 2.64. The fourth-order valence-electron chi connectivity index (χ4n) is 2.26. The number of methoxy groups -OCH3 is 1. The number of benzene rings is 1. The molecule has 108 valence electrons. The van der Waals surface area contributed by atoms with Gasteiger partial charge in [0.2, 0.25) is 5.91 Å². The Morgan fingerprint density at radius 2 is 2.35 bits per heavy atom. The van der Waals surface area contributed by atoms with Crippen molar-refractivity contribution in [2.75, 3.05) is 31.6 Å². The van der Waals surface area contributed by atoms with Crippen LogP contribution in [0.25, 0.3) is 0 Å². The summed E-state index contributed by atoms with van der Waals surface area (Å²) in [6.45, 7) is 1.45. The molecule has 1 aromatic carbocycles. The van der Waals surface area contributed by atoms with Gasteiger partial charge < -0.3 is 20.7 Å². The Labute approximate surface area is 115 Å². The van der Waals surface area contributed by atoms with Crippen molar-refractivity contribution in [1.82, 2.24) is 5.32 Å². The van der Waals surface area contributed by atoms with E-state index in [1.807, 2.05) is 0 Å². The number of nitrogens with zero attached hydrogens (tertiary/aromatic N) is 2. The molecule has 1 aliphatic rings. The molecule has 1 fully saturated rings. The van der Waals surface area contributed by atoms with Gasteiger partial charge in [-0.25, -0.2) is 0 Å². The molecule has 0 spiro atoms. The lowest BCUT2D eigenvalue weighted by molar-refractivity contribution is -0.384.